The van der Waals surface area contributed by atoms with Crippen LogP contribution in [0.25, 0.3) is 10.9 Å². The molecule has 0 saturated carbocycles. The molecule has 0 radical (unpaired) electrons. The van der Waals surface area contributed by atoms with Crippen molar-refractivity contribution in [1.82, 2.24) is 4.57 Å². The van der Waals surface area contributed by atoms with E-state index >= 15 is 0 Å². The molecule has 2 aromatic rings. The first kappa shape index (κ1) is 8.52. The van der Waals surface area contributed by atoms with Crippen molar-refractivity contribution in [2.45, 2.75) is 0 Å². The Balaban J connectivity index is 2.86. The van der Waals surface area contributed by atoms with E-state index in [1.165, 1.54) is 0 Å². The van der Waals surface area contributed by atoms with Gasteiger partial charge in [0.15, 0.2) is 0 Å². The van der Waals surface area contributed by atoms with Crippen LogP contribution in [0.3, 0.4) is 0 Å². The van der Waals surface area contributed by atoms with Crippen LogP contribution in [-0.2, 0) is 7.05 Å². The van der Waals surface area contributed by atoms with Gasteiger partial charge in [-0.05, 0) is 18.2 Å². The lowest BCUT2D eigenvalue weighted by Crippen LogP contribution is -1.84. The van der Waals surface area contributed by atoms with Crippen LogP contribution in [0.1, 0.15) is 15.9 Å². The van der Waals surface area contributed by atoms with E-state index in [4.69, 9.17) is 5.26 Å². The standard InChI is InChI=1S/C11H8N2O/c1-13-6-9(5-12)10-4-8(7-14)2-3-11(10)13/h2-4,6-7H,1H3. The van der Waals surface area contributed by atoms with Crippen molar-refractivity contribution in [3.05, 3.63) is 35.5 Å². The molecule has 0 fully saturated rings. The highest BCUT2D eigenvalue weighted by atomic mass is 16.1. The molecule has 0 spiro atoms. The summed E-state index contributed by atoms with van der Waals surface area (Å²) in [5.41, 5.74) is 2.17. The number of aryl methyl sites for hydroxylation is 1. The molecule has 1 heterocycles. The van der Waals surface area contributed by atoms with Gasteiger partial charge in [0.05, 0.1) is 5.56 Å². The SMILES string of the molecule is Cn1cc(C#N)c2cc(C=O)ccc21. The van der Waals surface area contributed by atoms with Crippen LogP contribution in [-0.4, -0.2) is 10.9 Å². The Kier molecular flexibility index (Phi) is 1.83. The molecule has 0 bridgehead atoms. The van der Waals surface area contributed by atoms with Gasteiger partial charge in [-0.1, -0.05) is 0 Å². The van der Waals surface area contributed by atoms with E-state index in [0.29, 0.717) is 11.1 Å². The molecule has 0 saturated heterocycles. The summed E-state index contributed by atoms with van der Waals surface area (Å²) in [6.45, 7) is 0. The quantitative estimate of drug-likeness (QED) is 0.635. The van der Waals surface area contributed by atoms with Crippen molar-refractivity contribution in [3.8, 4) is 6.07 Å². The van der Waals surface area contributed by atoms with Crippen LogP contribution in [0.4, 0.5) is 0 Å². The zero-order valence-electron chi connectivity index (χ0n) is 7.69. The molecule has 68 valence electrons. The molecule has 1 aromatic carbocycles. The number of fused-ring (bicyclic) bond motifs is 1. The number of rotatable bonds is 1. The molecule has 0 aliphatic rings. The lowest BCUT2D eigenvalue weighted by Gasteiger charge is -1.95. The van der Waals surface area contributed by atoms with E-state index in [2.05, 4.69) is 6.07 Å². The van der Waals surface area contributed by atoms with Gasteiger partial charge in [-0.2, -0.15) is 5.26 Å². The molecule has 2 rings (SSSR count). The van der Waals surface area contributed by atoms with Gasteiger partial charge in [-0.15, -0.1) is 0 Å². The zero-order chi connectivity index (χ0) is 10.1. The van der Waals surface area contributed by atoms with Crippen LogP contribution >= 0.6 is 0 Å². The van der Waals surface area contributed by atoms with Crippen molar-refractivity contribution in [2.75, 3.05) is 0 Å². The van der Waals surface area contributed by atoms with Gasteiger partial charge in [0.1, 0.15) is 12.4 Å². The maximum Gasteiger partial charge on any atom is 0.150 e. The summed E-state index contributed by atoms with van der Waals surface area (Å²) >= 11 is 0. The first-order chi connectivity index (χ1) is 6.76. The summed E-state index contributed by atoms with van der Waals surface area (Å²) < 4.78 is 1.88. The lowest BCUT2D eigenvalue weighted by molar-refractivity contribution is 0.112. The number of aromatic nitrogens is 1. The van der Waals surface area contributed by atoms with E-state index in [0.717, 1.165) is 17.2 Å². The highest BCUT2D eigenvalue weighted by Crippen LogP contribution is 2.20. The fourth-order valence-corrected chi connectivity index (χ4v) is 1.57. The average molecular weight is 184 g/mol. The van der Waals surface area contributed by atoms with Crippen LogP contribution < -0.4 is 0 Å². The molecule has 14 heavy (non-hydrogen) atoms. The Morgan fingerprint density at radius 3 is 2.93 bits per heavy atom. The van der Waals surface area contributed by atoms with E-state index in [-0.39, 0.29) is 0 Å². The molecule has 0 atom stereocenters. The summed E-state index contributed by atoms with van der Waals surface area (Å²) in [5.74, 6) is 0. The number of carbonyl (C=O) groups is 1. The minimum absolute atomic E-state index is 0.597. The zero-order valence-corrected chi connectivity index (χ0v) is 7.69. The fraction of sp³-hybridized carbons (Fsp3) is 0.0909. The Morgan fingerprint density at radius 1 is 1.50 bits per heavy atom. The monoisotopic (exact) mass is 184 g/mol. The maximum atomic E-state index is 10.6. The molecule has 0 amide bonds. The smallest absolute Gasteiger partial charge is 0.150 e. The summed E-state index contributed by atoms with van der Waals surface area (Å²) in [6.07, 6.45) is 2.55. The largest absolute Gasteiger partial charge is 0.349 e. The minimum Gasteiger partial charge on any atom is -0.349 e. The van der Waals surface area contributed by atoms with Crippen LogP contribution in [0, 0.1) is 11.3 Å². The van der Waals surface area contributed by atoms with Crippen molar-refractivity contribution < 1.29 is 4.79 Å². The van der Waals surface area contributed by atoms with E-state index in [9.17, 15) is 4.79 Å². The second-order valence-corrected chi connectivity index (χ2v) is 3.16. The van der Waals surface area contributed by atoms with Gasteiger partial charge in [0, 0.05) is 29.7 Å². The molecule has 0 N–H and O–H groups in total. The fourth-order valence-electron chi connectivity index (χ4n) is 1.57. The normalized spacial score (nSPS) is 10.0. The first-order valence-electron chi connectivity index (χ1n) is 4.20. The Morgan fingerprint density at radius 2 is 2.29 bits per heavy atom. The van der Waals surface area contributed by atoms with Crippen molar-refractivity contribution in [2.24, 2.45) is 7.05 Å². The topological polar surface area (TPSA) is 45.8 Å². The summed E-state index contributed by atoms with van der Waals surface area (Å²) in [5, 5.41) is 9.69. The molecule has 0 unspecified atom stereocenters. The van der Waals surface area contributed by atoms with Gasteiger partial charge in [0.2, 0.25) is 0 Å². The molecular formula is C11H8N2O. The predicted molar refractivity (Wildman–Crippen MR) is 53.0 cm³/mol. The number of nitriles is 1. The van der Waals surface area contributed by atoms with Crippen molar-refractivity contribution in [3.63, 3.8) is 0 Å². The molecule has 0 aliphatic heterocycles. The second kappa shape index (κ2) is 3.00. The van der Waals surface area contributed by atoms with Crippen LogP contribution in [0.5, 0.6) is 0 Å². The Hall–Kier alpha value is -2.08. The number of aldehydes is 1. The summed E-state index contributed by atoms with van der Waals surface area (Å²) in [4.78, 5) is 10.6. The third kappa shape index (κ3) is 1.09. The van der Waals surface area contributed by atoms with Crippen molar-refractivity contribution >= 4 is 17.2 Å². The Bertz CT molecular complexity index is 546. The minimum atomic E-state index is 0.597. The van der Waals surface area contributed by atoms with E-state index in [1.807, 2.05) is 17.7 Å². The molecule has 0 aliphatic carbocycles. The van der Waals surface area contributed by atoms with Crippen LogP contribution in [0.2, 0.25) is 0 Å². The number of nitrogens with zero attached hydrogens (tertiary/aromatic N) is 2. The third-order valence-corrected chi connectivity index (χ3v) is 2.27. The number of hydrogen-bond acceptors (Lipinski definition) is 2. The van der Waals surface area contributed by atoms with Crippen molar-refractivity contribution in [1.29, 1.82) is 5.26 Å². The summed E-state index contributed by atoms with van der Waals surface area (Å²) in [7, 11) is 1.88. The number of carbonyl (C=O) groups excluding carboxylic acids is 1. The van der Waals surface area contributed by atoms with Gasteiger partial charge in [-0.25, -0.2) is 0 Å². The first-order valence-corrected chi connectivity index (χ1v) is 4.20. The predicted octanol–water partition coefficient (Wildman–Crippen LogP) is 1.86. The van der Waals surface area contributed by atoms with Gasteiger partial charge in [-0.3, -0.25) is 4.79 Å². The molecule has 3 nitrogen and oxygen atoms in total. The van der Waals surface area contributed by atoms with E-state index < -0.39 is 0 Å². The van der Waals surface area contributed by atoms with Gasteiger partial charge < -0.3 is 4.57 Å². The third-order valence-electron chi connectivity index (χ3n) is 2.27. The number of hydrogen-bond donors (Lipinski definition) is 0. The molecule has 1 aromatic heterocycles. The second-order valence-electron chi connectivity index (χ2n) is 3.16. The average Bonchev–Trinajstić information content (AvgIpc) is 2.55. The lowest BCUT2D eigenvalue weighted by atomic mass is 10.1. The molecule has 3 heteroatoms. The van der Waals surface area contributed by atoms with Gasteiger partial charge >= 0.3 is 0 Å². The highest BCUT2D eigenvalue weighted by molar-refractivity contribution is 5.91. The highest BCUT2D eigenvalue weighted by Gasteiger charge is 2.05. The van der Waals surface area contributed by atoms with E-state index in [1.54, 1.807) is 18.3 Å². The maximum absolute atomic E-state index is 10.6. The van der Waals surface area contributed by atoms with Gasteiger partial charge in [0.25, 0.3) is 0 Å². The molecular weight excluding hydrogens is 176 g/mol. The van der Waals surface area contributed by atoms with Crippen LogP contribution in [0.15, 0.2) is 24.4 Å². The Labute approximate surface area is 81.2 Å². The summed E-state index contributed by atoms with van der Waals surface area (Å²) in [6, 6.07) is 7.44. The number of benzene rings is 1.